The summed E-state index contributed by atoms with van der Waals surface area (Å²) in [5.41, 5.74) is 4.69. The molecule has 0 bridgehead atoms. The van der Waals surface area contributed by atoms with Crippen LogP contribution in [0.25, 0.3) is 33.2 Å². The first-order chi connectivity index (χ1) is 11.0. The van der Waals surface area contributed by atoms with Gasteiger partial charge in [0.2, 0.25) is 0 Å². The number of rotatable bonds is 1. The Morgan fingerprint density at radius 2 is 1.78 bits per heavy atom. The molecule has 0 aliphatic rings. The number of fused-ring (bicyclic) bond motifs is 2. The minimum Gasteiger partial charge on any atom is -0.234 e. The van der Waals surface area contributed by atoms with Crippen LogP contribution in [0.15, 0.2) is 42.7 Å². The first-order valence-electron chi connectivity index (χ1n) is 7.51. The zero-order valence-corrected chi connectivity index (χ0v) is 14.1. The van der Waals surface area contributed by atoms with Crippen LogP contribution in [0.3, 0.4) is 0 Å². The second kappa shape index (κ2) is 5.06. The Morgan fingerprint density at radius 3 is 2.61 bits per heavy atom. The standard InChI is InChI=1S/C18H16N4S/c1-18(2,3)14-9-12(8-11-6-4-5-7-13(11)14)15-16-17(20-10-19-15)22-23-21-16/h4-10H,1-3H3. The van der Waals surface area contributed by atoms with E-state index in [1.54, 1.807) is 6.33 Å². The number of hydrogen-bond donors (Lipinski definition) is 0. The fraction of sp³-hybridized carbons (Fsp3) is 0.222. The first-order valence-corrected chi connectivity index (χ1v) is 8.24. The lowest BCUT2D eigenvalue weighted by Crippen LogP contribution is -2.12. The molecule has 23 heavy (non-hydrogen) atoms. The SMILES string of the molecule is CC(C)(C)c1cc(-c2ncnc3nsnc23)cc2ccccc12. The average molecular weight is 320 g/mol. The molecule has 4 aromatic rings. The van der Waals surface area contributed by atoms with E-state index in [0.717, 1.165) is 16.8 Å². The van der Waals surface area contributed by atoms with E-state index < -0.39 is 0 Å². The van der Waals surface area contributed by atoms with Crippen molar-refractivity contribution in [2.75, 3.05) is 0 Å². The summed E-state index contributed by atoms with van der Waals surface area (Å²) in [5.74, 6) is 0. The third-order valence-electron chi connectivity index (χ3n) is 4.01. The van der Waals surface area contributed by atoms with Gasteiger partial charge in [-0.15, -0.1) is 0 Å². The molecule has 0 saturated heterocycles. The van der Waals surface area contributed by atoms with Crippen LogP contribution >= 0.6 is 11.7 Å². The van der Waals surface area contributed by atoms with Crippen molar-refractivity contribution in [2.45, 2.75) is 26.2 Å². The Hall–Kier alpha value is -2.40. The van der Waals surface area contributed by atoms with Crippen LogP contribution in [0.5, 0.6) is 0 Å². The molecular formula is C18H16N4S. The minimum atomic E-state index is 0.0437. The lowest BCUT2D eigenvalue weighted by Gasteiger charge is -2.22. The van der Waals surface area contributed by atoms with Gasteiger partial charge in [0.25, 0.3) is 0 Å². The van der Waals surface area contributed by atoms with E-state index in [4.69, 9.17) is 0 Å². The molecule has 0 N–H and O–H groups in total. The van der Waals surface area contributed by atoms with E-state index in [1.807, 2.05) is 0 Å². The van der Waals surface area contributed by atoms with Gasteiger partial charge < -0.3 is 0 Å². The van der Waals surface area contributed by atoms with E-state index in [-0.39, 0.29) is 5.41 Å². The summed E-state index contributed by atoms with van der Waals surface area (Å²) < 4.78 is 8.59. The van der Waals surface area contributed by atoms with Crippen molar-refractivity contribution >= 4 is 33.7 Å². The van der Waals surface area contributed by atoms with Crippen molar-refractivity contribution in [1.82, 2.24) is 18.7 Å². The van der Waals surface area contributed by atoms with Crippen LogP contribution in [0, 0.1) is 0 Å². The molecule has 0 fully saturated rings. The molecular weight excluding hydrogens is 304 g/mol. The van der Waals surface area contributed by atoms with Crippen LogP contribution < -0.4 is 0 Å². The van der Waals surface area contributed by atoms with Gasteiger partial charge >= 0.3 is 0 Å². The summed E-state index contributed by atoms with van der Waals surface area (Å²) in [6.07, 6.45) is 1.56. The highest BCUT2D eigenvalue weighted by Gasteiger charge is 2.19. The first kappa shape index (κ1) is 14.2. The molecule has 0 atom stereocenters. The Balaban J connectivity index is 2.07. The zero-order chi connectivity index (χ0) is 16.0. The highest BCUT2D eigenvalue weighted by Crippen LogP contribution is 2.35. The van der Waals surface area contributed by atoms with E-state index in [9.17, 15) is 0 Å². The van der Waals surface area contributed by atoms with Gasteiger partial charge in [-0.1, -0.05) is 45.0 Å². The largest absolute Gasteiger partial charge is 0.234 e. The van der Waals surface area contributed by atoms with Crippen molar-refractivity contribution in [2.24, 2.45) is 0 Å². The molecule has 0 spiro atoms. The monoisotopic (exact) mass is 320 g/mol. The molecule has 0 amide bonds. The van der Waals surface area contributed by atoms with E-state index in [0.29, 0.717) is 5.65 Å². The Kier molecular flexibility index (Phi) is 3.13. The van der Waals surface area contributed by atoms with Gasteiger partial charge in [-0.25, -0.2) is 9.97 Å². The normalized spacial score (nSPS) is 12.1. The van der Waals surface area contributed by atoms with Crippen molar-refractivity contribution in [3.05, 3.63) is 48.3 Å². The van der Waals surface area contributed by atoms with Crippen LogP contribution in [0.1, 0.15) is 26.3 Å². The lowest BCUT2D eigenvalue weighted by molar-refractivity contribution is 0.596. The molecule has 0 aliphatic carbocycles. The molecule has 114 valence electrons. The van der Waals surface area contributed by atoms with Gasteiger partial charge in [0.05, 0.1) is 11.7 Å². The predicted molar refractivity (Wildman–Crippen MR) is 94.6 cm³/mol. The predicted octanol–water partition coefficient (Wildman–Crippen LogP) is 4.60. The van der Waals surface area contributed by atoms with Crippen molar-refractivity contribution in [3.63, 3.8) is 0 Å². The van der Waals surface area contributed by atoms with Crippen LogP contribution in [0.2, 0.25) is 0 Å². The molecule has 0 radical (unpaired) electrons. The highest BCUT2D eigenvalue weighted by molar-refractivity contribution is 7.00. The van der Waals surface area contributed by atoms with Crippen molar-refractivity contribution in [3.8, 4) is 11.3 Å². The molecule has 4 nitrogen and oxygen atoms in total. The number of nitrogens with zero attached hydrogens (tertiary/aromatic N) is 4. The topological polar surface area (TPSA) is 51.6 Å². The van der Waals surface area contributed by atoms with Gasteiger partial charge in [-0.2, -0.15) is 8.75 Å². The average Bonchev–Trinajstić information content (AvgIpc) is 3.01. The van der Waals surface area contributed by atoms with Crippen molar-refractivity contribution in [1.29, 1.82) is 0 Å². The molecule has 0 saturated carbocycles. The molecule has 2 heterocycles. The zero-order valence-electron chi connectivity index (χ0n) is 13.2. The van der Waals surface area contributed by atoms with Crippen LogP contribution in [-0.2, 0) is 5.41 Å². The minimum absolute atomic E-state index is 0.0437. The van der Waals surface area contributed by atoms with E-state index in [2.05, 4.69) is 75.9 Å². The van der Waals surface area contributed by atoms with Crippen LogP contribution in [-0.4, -0.2) is 18.7 Å². The fourth-order valence-electron chi connectivity index (χ4n) is 2.90. The summed E-state index contributed by atoms with van der Waals surface area (Å²) in [6.45, 7) is 6.70. The molecule has 5 heteroatoms. The fourth-order valence-corrected chi connectivity index (χ4v) is 3.40. The van der Waals surface area contributed by atoms with Gasteiger partial charge in [0, 0.05) is 5.56 Å². The third kappa shape index (κ3) is 2.37. The van der Waals surface area contributed by atoms with Gasteiger partial charge in [-0.3, -0.25) is 0 Å². The Bertz CT molecular complexity index is 1010. The molecule has 4 rings (SSSR count). The van der Waals surface area contributed by atoms with Gasteiger partial charge in [0.15, 0.2) is 5.65 Å². The second-order valence-electron chi connectivity index (χ2n) is 6.65. The summed E-state index contributed by atoms with van der Waals surface area (Å²) in [4.78, 5) is 8.66. The summed E-state index contributed by atoms with van der Waals surface area (Å²) in [5, 5.41) is 2.50. The maximum Gasteiger partial charge on any atom is 0.197 e. The smallest absolute Gasteiger partial charge is 0.197 e. The Morgan fingerprint density at radius 1 is 0.957 bits per heavy atom. The molecule has 0 aliphatic heterocycles. The summed E-state index contributed by atoms with van der Waals surface area (Å²) >= 11 is 1.17. The maximum atomic E-state index is 4.47. The highest BCUT2D eigenvalue weighted by atomic mass is 32.1. The Labute approximate surface area is 138 Å². The van der Waals surface area contributed by atoms with Gasteiger partial charge in [-0.05, 0) is 33.9 Å². The second-order valence-corrected chi connectivity index (χ2v) is 7.18. The van der Waals surface area contributed by atoms with Gasteiger partial charge in [0.1, 0.15) is 17.5 Å². The number of hydrogen-bond acceptors (Lipinski definition) is 5. The molecule has 0 unspecified atom stereocenters. The third-order valence-corrected chi connectivity index (χ3v) is 4.52. The van der Waals surface area contributed by atoms with Crippen LogP contribution in [0.4, 0.5) is 0 Å². The maximum absolute atomic E-state index is 4.47. The number of aromatic nitrogens is 4. The summed E-state index contributed by atoms with van der Waals surface area (Å²) in [6, 6.07) is 12.9. The number of benzene rings is 2. The van der Waals surface area contributed by atoms with Crippen molar-refractivity contribution < 1.29 is 0 Å². The van der Waals surface area contributed by atoms with E-state index in [1.165, 1.54) is 28.1 Å². The van der Waals surface area contributed by atoms with E-state index >= 15 is 0 Å². The quantitative estimate of drug-likeness (QED) is 0.514. The lowest BCUT2D eigenvalue weighted by atomic mass is 9.82. The molecule has 2 aromatic heterocycles. The summed E-state index contributed by atoms with van der Waals surface area (Å²) in [7, 11) is 0. The molecule has 2 aromatic carbocycles.